The zero-order chi connectivity index (χ0) is 21.5. The number of rotatable bonds is 4. The molecular formula is C23H21N5O3. The lowest BCUT2D eigenvalue weighted by Crippen LogP contribution is -2.41. The Morgan fingerprint density at radius 2 is 1.84 bits per heavy atom. The largest absolute Gasteiger partial charge is 0.504 e. The van der Waals surface area contributed by atoms with Crippen LogP contribution in [-0.2, 0) is 6.42 Å². The van der Waals surface area contributed by atoms with Crippen molar-refractivity contribution in [1.82, 2.24) is 24.9 Å². The highest BCUT2D eigenvalue weighted by atomic mass is 16.4. The number of amides is 1. The van der Waals surface area contributed by atoms with Crippen LogP contribution in [0.5, 0.6) is 5.75 Å². The predicted molar refractivity (Wildman–Crippen MR) is 113 cm³/mol. The van der Waals surface area contributed by atoms with Crippen LogP contribution in [0.25, 0.3) is 11.6 Å². The van der Waals surface area contributed by atoms with Crippen LogP contribution in [0.15, 0.2) is 59.0 Å². The van der Waals surface area contributed by atoms with E-state index in [0.717, 1.165) is 11.1 Å². The van der Waals surface area contributed by atoms with E-state index in [1.54, 1.807) is 16.6 Å². The number of benzene rings is 2. The van der Waals surface area contributed by atoms with Crippen molar-refractivity contribution in [3.8, 4) is 17.3 Å². The molecule has 1 atom stereocenters. The van der Waals surface area contributed by atoms with Gasteiger partial charge in [-0.15, -0.1) is 10.2 Å². The summed E-state index contributed by atoms with van der Waals surface area (Å²) in [7, 11) is 1.71. The van der Waals surface area contributed by atoms with Crippen molar-refractivity contribution >= 4 is 5.91 Å². The number of fused-ring (bicyclic) bond motifs is 1. The zero-order valence-corrected chi connectivity index (χ0v) is 17.2. The van der Waals surface area contributed by atoms with Crippen LogP contribution in [0.2, 0.25) is 0 Å². The molecule has 1 aliphatic heterocycles. The highest BCUT2D eigenvalue weighted by Crippen LogP contribution is 2.37. The van der Waals surface area contributed by atoms with Crippen molar-refractivity contribution in [2.75, 3.05) is 13.6 Å². The summed E-state index contributed by atoms with van der Waals surface area (Å²) in [4.78, 5) is 14.3. The molecule has 0 unspecified atom stereocenters. The van der Waals surface area contributed by atoms with Gasteiger partial charge in [0.15, 0.2) is 17.1 Å². The topological polar surface area (TPSA) is 97.3 Å². The average Bonchev–Trinajstić information content (AvgIpc) is 3.37. The first-order valence-corrected chi connectivity index (χ1v) is 10.0. The van der Waals surface area contributed by atoms with Gasteiger partial charge in [-0.05, 0) is 18.1 Å². The summed E-state index contributed by atoms with van der Waals surface area (Å²) in [6, 6.07) is 17.6. The van der Waals surface area contributed by atoms with Gasteiger partial charge in [-0.25, -0.2) is 4.68 Å². The van der Waals surface area contributed by atoms with Crippen LogP contribution in [-0.4, -0.2) is 49.5 Å². The second kappa shape index (κ2) is 7.39. The van der Waals surface area contributed by atoms with Crippen molar-refractivity contribution in [2.24, 2.45) is 0 Å². The predicted octanol–water partition coefficient (Wildman–Crippen LogP) is 3.21. The molecule has 1 aliphatic rings. The lowest BCUT2D eigenvalue weighted by Gasteiger charge is -2.31. The van der Waals surface area contributed by atoms with Gasteiger partial charge in [0.25, 0.3) is 11.8 Å². The zero-order valence-electron chi connectivity index (χ0n) is 17.2. The van der Waals surface area contributed by atoms with E-state index in [1.807, 2.05) is 61.5 Å². The summed E-state index contributed by atoms with van der Waals surface area (Å²) < 4.78 is 7.34. The van der Waals surface area contributed by atoms with E-state index < -0.39 is 0 Å². The summed E-state index contributed by atoms with van der Waals surface area (Å²) in [5.74, 6) is -0.0538. The molecule has 0 bridgehead atoms. The summed E-state index contributed by atoms with van der Waals surface area (Å²) in [6.45, 7) is 2.47. The lowest BCUT2D eigenvalue weighted by atomic mass is 10.0. The first-order valence-electron chi connectivity index (χ1n) is 10.0. The molecule has 31 heavy (non-hydrogen) atoms. The first-order chi connectivity index (χ1) is 15.0. The second-order valence-corrected chi connectivity index (χ2v) is 7.77. The molecule has 0 saturated carbocycles. The molecule has 0 fully saturated rings. The molecule has 4 aromatic rings. The smallest absolute Gasteiger partial charge is 0.275 e. The van der Waals surface area contributed by atoms with Gasteiger partial charge in [0, 0.05) is 13.6 Å². The molecule has 0 aliphatic carbocycles. The number of carbonyl (C=O) groups excluding carboxylic acids is 1. The van der Waals surface area contributed by atoms with E-state index in [-0.39, 0.29) is 35.0 Å². The average molecular weight is 415 g/mol. The summed E-state index contributed by atoms with van der Waals surface area (Å²) >= 11 is 0. The van der Waals surface area contributed by atoms with Gasteiger partial charge in [-0.2, -0.15) is 5.10 Å². The minimum absolute atomic E-state index is 0.0868. The Morgan fingerprint density at radius 1 is 1.10 bits per heavy atom. The van der Waals surface area contributed by atoms with Gasteiger partial charge in [0.05, 0.1) is 12.5 Å². The van der Waals surface area contributed by atoms with Gasteiger partial charge >= 0.3 is 0 Å². The normalized spacial score (nSPS) is 15.9. The molecule has 2 aromatic heterocycles. The highest BCUT2D eigenvalue weighted by molar-refractivity contribution is 5.97. The SMILES string of the molecule is Cc1ccc(Cc2nnc(-c3nn4c(c3O)C(=O)N(C)C[C@@H]4c3ccccc3)o2)cc1. The van der Waals surface area contributed by atoms with Gasteiger partial charge < -0.3 is 14.4 Å². The Morgan fingerprint density at radius 3 is 2.58 bits per heavy atom. The quantitative estimate of drug-likeness (QED) is 0.550. The van der Waals surface area contributed by atoms with E-state index in [4.69, 9.17) is 4.42 Å². The van der Waals surface area contributed by atoms with E-state index in [1.165, 1.54) is 5.56 Å². The molecule has 3 heterocycles. The van der Waals surface area contributed by atoms with Crippen LogP contribution >= 0.6 is 0 Å². The molecule has 2 aromatic carbocycles. The van der Waals surface area contributed by atoms with Crippen LogP contribution in [0.3, 0.4) is 0 Å². The molecule has 0 saturated heterocycles. The molecule has 8 heteroatoms. The summed E-state index contributed by atoms with van der Waals surface area (Å²) in [5.41, 5.74) is 3.43. The Balaban J connectivity index is 1.52. The molecule has 1 N–H and O–H groups in total. The number of likely N-dealkylation sites (N-methyl/N-ethyl adjacent to an activating group) is 1. The number of aromatic hydroxyl groups is 1. The fraction of sp³-hybridized carbons (Fsp3) is 0.217. The number of aryl methyl sites for hydroxylation is 1. The Labute approximate surface area is 178 Å². The summed E-state index contributed by atoms with van der Waals surface area (Å²) in [6.07, 6.45) is 0.468. The Bertz CT molecular complexity index is 1240. The highest BCUT2D eigenvalue weighted by Gasteiger charge is 2.37. The third kappa shape index (κ3) is 3.35. The van der Waals surface area contributed by atoms with Crippen LogP contribution in [0.1, 0.15) is 39.1 Å². The minimum Gasteiger partial charge on any atom is -0.504 e. The van der Waals surface area contributed by atoms with Crippen LogP contribution in [0.4, 0.5) is 0 Å². The molecule has 0 spiro atoms. The number of nitrogens with zero attached hydrogens (tertiary/aromatic N) is 5. The Hall–Kier alpha value is -3.94. The number of hydrogen-bond acceptors (Lipinski definition) is 6. The minimum atomic E-state index is -0.303. The van der Waals surface area contributed by atoms with Gasteiger partial charge in [-0.1, -0.05) is 60.2 Å². The van der Waals surface area contributed by atoms with Crippen LogP contribution < -0.4 is 0 Å². The third-order valence-electron chi connectivity index (χ3n) is 5.51. The second-order valence-electron chi connectivity index (χ2n) is 7.77. The van der Waals surface area contributed by atoms with Crippen molar-refractivity contribution in [3.63, 3.8) is 0 Å². The third-order valence-corrected chi connectivity index (χ3v) is 5.51. The van der Waals surface area contributed by atoms with Gasteiger partial charge in [0.2, 0.25) is 5.89 Å². The Kier molecular flexibility index (Phi) is 4.54. The van der Waals surface area contributed by atoms with E-state index in [2.05, 4.69) is 15.3 Å². The maximum atomic E-state index is 12.8. The molecule has 156 valence electrons. The van der Waals surface area contributed by atoms with Crippen molar-refractivity contribution in [3.05, 3.63) is 82.9 Å². The maximum Gasteiger partial charge on any atom is 0.275 e. The number of hydrogen-bond donors (Lipinski definition) is 1. The number of aromatic nitrogens is 4. The van der Waals surface area contributed by atoms with E-state index in [0.29, 0.717) is 18.9 Å². The monoisotopic (exact) mass is 415 g/mol. The molecule has 8 nitrogen and oxygen atoms in total. The standard InChI is InChI=1S/C23H21N5O3/c1-14-8-10-15(11-9-14)12-18-24-25-22(31-18)19-21(29)20-23(30)27(2)13-17(28(20)26-19)16-6-4-3-5-7-16/h3-11,17,29H,12-13H2,1-2H3/t17-/m1/s1. The fourth-order valence-corrected chi connectivity index (χ4v) is 3.82. The van der Waals surface area contributed by atoms with Crippen LogP contribution in [0, 0.1) is 6.92 Å². The molecular weight excluding hydrogens is 394 g/mol. The lowest BCUT2D eigenvalue weighted by molar-refractivity contribution is 0.0720. The number of carbonyl (C=O) groups is 1. The molecule has 0 radical (unpaired) electrons. The fourth-order valence-electron chi connectivity index (χ4n) is 3.82. The van der Waals surface area contributed by atoms with Crippen molar-refractivity contribution in [2.45, 2.75) is 19.4 Å². The first kappa shape index (κ1) is 19.0. The van der Waals surface area contributed by atoms with Gasteiger partial charge in [-0.3, -0.25) is 4.79 Å². The van der Waals surface area contributed by atoms with E-state index >= 15 is 0 Å². The van der Waals surface area contributed by atoms with Crippen molar-refractivity contribution < 1.29 is 14.3 Å². The van der Waals surface area contributed by atoms with Crippen molar-refractivity contribution in [1.29, 1.82) is 0 Å². The van der Waals surface area contributed by atoms with E-state index in [9.17, 15) is 9.90 Å². The summed E-state index contributed by atoms with van der Waals surface area (Å²) in [5, 5.41) is 23.5. The van der Waals surface area contributed by atoms with Gasteiger partial charge in [0.1, 0.15) is 0 Å². The molecule has 1 amide bonds. The molecule has 5 rings (SSSR count). The maximum absolute atomic E-state index is 12.8.